The van der Waals surface area contributed by atoms with Crippen LogP contribution in [0.3, 0.4) is 0 Å². The number of rotatable bonds is 5. The SMILES string of the molecule is Nn1cnnc1SCC(=O)Nc1ccc(N2CCCCCC2)cc1. The Hall–Kier alpha value is -2.22. The summed E-state index contributed by atoms with van der Waals surface area (Å²) in [5, 5.41) is 10.9. The number of nitrogen functional groups attached to an aromatic ring is 1. The van der Waals surface area contributed by atoms with Gasteiger partial charge in [0.15, 0.2) is 0 Å². The van der Waals surface area contributed by atoms with Crippen molar-refractivity contribution < 1.29 is 4.79 Å². The minimum atomic E-state index is -0.0921. The van der Waals surface area contributed by atoms with Crippen LogP contribution in [-0.4, -0.2) is 39.6 Å². The van der Waals surface area contributed by atoms with E-state index >= 15 is 0 Å². The first-order valence-corrected chi connectivity index (χ1v) is 9.14. The standard InChI is InChI=1S/C16H22N6OS/c17-22-12-18-20-16(22)24-11-15(23)19-13-5-7-14(8-6-13)21-9-3-1-2-4-10-21/h5-8,12H,1-4,9-11,17H2,(H,19,23). The molecule has 7 nitrogen and oxygen atoms in total. The topological polar surface area (TPSA) is 89.1 Å². The second-order valence-electron chi connectivity index (χ2n) is 5.81. The van der Waals surface area contributed by atoms with Crippen LogP contribution in [0.15, 0.2) is 35.7 Å². The molecule has 1 amide bonds. The van der Waals surface area contributed by atoms with E-state index in [0.29, 0.717) is 5.16 Å². The summed E-state index contributed by atoms with van der Waals surface area (Å²) >= 11 is 1.25. The van der Waals surface area contributed by atoms with E-state index in [1.807, 2.05) is 12.1 Å². The van der Waals surface area contributed by atoms with Crippen LogP contribution in [-0.2, 0) is 4.79 Å². The molecule has 128 valence electrons. The van der Waals surface area contributed by atoms with E-state index in [4.69, 9.17) is 5.84 Å². The third-order valence-corrected chi connectivity index (χ3v) is 4.95. The molecule has 0 unspecified atom stereocenters. The predicted molar refractivity (Wildman–Crippen MR) is 96.6 cm³/mol. The van der Waals surface area contributed by atoms with Crippen LogP contribution in [0.2, 0.25) is 0 Å². The molecule has 1 fully saturated rings. The first kappa shape index (κ1) is 16.6. The maximum Gasteiger partial charge on any atom is 0.234 e. The average Bonchev–Trinajstić information content (AvgIpc) is 2.84. The van der Waals surface area contributed by atoms with Gasteiger partial charge in [-0.1, -0.05) is 24.6 Å². The number of anilines is 2. The third kappa shape index (κ3) is 4.41. The van der Waals surface area contributed by atoms with Crippen molar-refractivity contribution >= 4 is 29.0 Å². The Morgan fingerprint density at radius 2 is 1.88 bits per heavy atom. The molecule has 1 aliphatic heterocycles. The van der Waals surface area contributed by atoms with Crippen LogP contribution in [0.1, 0.15) is 25.7 Å². The number of amides is 1. The summed E-state index contributed by atoms with van der Waals surface area (Å²) in [5.74, 6) is 5.76. The maximum atomic E-state index is 12.0. The molecule has 1 saturated heterocycles. The van der Waals surface area contributed by atoms with E-state index in [9.17, 15) is 4.79 Å². The van der Waals surface area contributed by atoms with Gasteiger partial charge >= 0.3 is 0 Å². The van der Waals surface area contributed by atoms with Gasteiger partial charge in [-0.25, -0.2) is 4.68 Å². The lowest BCUT2D eigenvalue weighted by Crippen LogP contribution is -2.23. The fourth-order valence-corrected chi connectivity index (χ4v) is 3.38. The molecule has 0 atom stereocenters. The van der Waals surface area contributed by atoms with Gasteiger partial charge in [-0.2, -0.15) is 0 Å². The van der Waals surface area contributed by atoms with Gasteiger partial charge < -0.3 is 16.1 Å². The zero-order valence-electron chi connectivity index (χ0n) is 13.5. The number of carbonyl (C=O) groups is 1. The quantitative estimate of drug-likeness (QED) is 0.637. The fourth-order valence-electron chi connectivity index (χ4n) is 2.75. The number of carbonyl (C=O) groups excluding carboxylic acids is 1. The summed E-state index contributed by atoms with van der Waals surface area (Å²) < 4.78 is 1.30. The van der Waals surface area contributed by atoms with E-state index in [1.165, 1.54) is 54.1 Å². The summed E-state index contributed by atoms with van der Waals surface area (Å²) in [6, 6.07) is 8.05. The highest BCUT2D eigenvalue weighted by molar-refractivity contribution is 7.99. The normalized spacial score (nSPS) is 15.1. The Kier molecular flexibility index (Phi) is 5.58. The number of hydrogen-bond acceptors (Lipinski definition) is 6. The van der Waals surface area contributed by atoms with Crippen LogP contribution < -0.4 is 16.1 Å². The molecule has 2 heterocycles. The molecule has 8 heteroatoms. The van der Waals surface area contributed by atoms with Crippen molar-refractivity contribution in [2.45, 2.75) is 30.8 Å². The summed E-state index contributed by atoms with van der Waals surface area (Å²) in [6.45, 7) is 2.23. The average molecular weight is 346 g/mol. The van der Waals surface area contributed by atoms with E-state index in [1.54, 1.807) is 0 Å². The highest BCUT2D eigenvalue weighted by Gasteiger charge is 2.11. The number of thioether (sulfide) groups is 1. The lowest BCUT2D eigenvalue weighted by molar-refractivity contribution is -0.113. The Balaban J connectivity index is 1.51. The van der Waals surface area contributed by atoms with Gasteiger partial charge in [0.2, 0.25) is 11.1 Å². The number of benzene rings is 1. The number of aromatic nitrogens is 3. The van der Waals surface area contributed by atoms with Crippen LogP contribution >= 0.6 is 11.8 Å². The van der Waals surface area contributed by atoms with Crippen molar-refractivity contribution in [2.24, 2.45) is 0 Å². The van der Waals surface area contributed by atoms with E-state index in [2.05, 4.69) is 32.5 Å². The number of nitrogens with two attached hydrogens (primary N) is 1. The Labute approximate surface area is 145 Å². The van der Waals surface area contributed by atoms with Crippen molar-refractivity contribution in [2.75, 3.05) is 34.9 Å². The van der Waals surface area contributed by atoms with Gasteiger partial charge in [-0.3, -0.25) is 4.79 Å². The Bertz CT molecular complexity index is 663. The van der Waals surface area contributed by atoms with Crippen molar-refractivity contribution in [3.8, 4) is 0 Å². The summed E-state index contributed by atoms with van der Waals surface area (Å²) in [6.07, 6.45) is 6.54. The molecule has 3 rings (SSSR count). The molecule has 0 saturated carbocycles. The second kappa shape index (κ2) is 8.05. The summed E-state index contributed by atoms with van der Waals surface area (Å²) in [5.41, 5.74) is 2.02. The third-order valence-electron chi connectivity index (χ3n) is 3.99. The number of nitrogens with zero attached hydrogens (tertiary/aromatic N) is 4. The van der Waals surface area contributed by atoms with Crippen molar-refractivity contribution in [3.05, 3.63) is 30.6 Å². The van der Waals surface area contributed by atoms with Crippen LogP contribution in [0, 0.1) is 0 Å². The lowest BCUT2D eigenvalue weighted by Gasteiger charge is -2.22. The Morgan fingerprint density at radius 3 is 2.50 bits per heavy atom. The van der Waals surface area contributed by atoms with Crippen LogP contribution in [0.5, 0.6) is 0 Å². The van der Waals surface area contributed by atoms with Crippen molar-refractivity contribution in [1.82, 2.24) is 14.9 Å². The molecule has 1 aliphatic rings. The zero-order valence-corrected chi connectivity index (χ0v) is 14.3. The second-order valence-corrected chi connectivity index (χ2v) is 6.75. The molecule has 0 spiro atoms. The monoisotopic (exact) mass is 346 g/mol. The predicted octanol–water partition coefficient (Wildman–Crippen LogP) is 2.10. The van der Waals surface area contributed by atoms with Crippen LogP contribution in [0.25, 0.3) is 0 Å². The number of hydrogen-bond donors (Lipinski definition) is 2. The van der Waals surface area contributed by atoms with Gasteiger partial charge in [0, 0.05) is 24.5 Å². The highest BCUT2D eigenvalue weighted by atomic mass is 32.2. The highest BCUT2D eigenvalue weighted by Crippen LogP contribution is 2.22. The first-order chi connectivity index (χ1) is 11.7. The van der Waals surface area contributed by atoms with Crippen molar-refractivity contribution in [3.63, 3.8) is 0 Å². The zero-order chi connectivity index (χ0) is 16.8. The van der Waals surface area contributed by atoms with Crippen molar-refractivity contribution in [1.29, 1.82) is 0 Å². The van der Waals surface area contributed by atoms with E-state index < -0.39 is 0 Å². The van der Waals surface area contributed by atoms with Crippen LogP contribution in [0.4, 0.5) is 11.4 Å². The summed E-state index contributed by atoms with van der Waals surface area (Å²) in [4.78, 5) is 14.4. The van der Waals surface area contributed by atoms with Gasteiger partial charge in [0.1, 0.15) is 6.33 Å². The minimum Gasteiger partial charge on any atom is -0.372 e. The molecule has 0 bridgehead atoms. The molecule has 1 aromatic heterocycles. The van der Waals surface area contributed by atoms with Gasteiger partial charge in [-0.05, 0) is 37.1 Å². The molecule has 2 aromatic rings. The summed E-state index contributed by atoms with van der Waals surface area (Å²) in [7, 11) is 0. The fraction of sp³-hybridized carbons (Fsp3) is 0.438. The number of nitrogens with one attached hydrogen (secondary N) is 1. The van der Waals surface area contributed by atoms with E-state index in [-0.39, 0.29) is 11.7 Å². The van der Waals surface area contributed by atoms with Gasteiger partial charge in [0.05, 0.1) is 5.75 Å². The first-order valence-electron chi connectivity index (χ1n) is 8.15. The van der Waals surface area contributed by atoms with E-state index in [0.717, 1.165) is 18.8 Å². The molecule has 3 N–H and O–H groups in total. The van der Waals surface area contributed by atoms with Gasteiger partial charge in [0.25, 0.3) is 0 Å². The maximum absolute atomic E-state index is 12.0. The Morgan fingerprint density at radius 1 is 1.17 bits per heavy atom. The molecular weight excluding hydrogens is 324 g/mol. The van der Waals surface area contributed by atoms with Gasteiger partial charge in [-0.15, -0.1) is 10.2 Å². The smallest absolute Gasteiger partial charge is 0.234 e. The molecule has 24 heavy (non-hydrogen) atoms. The molecule has 1 aromatic carbocycles. The molecular formula is C16H22N6OS. The molecule has 0 aliphatic carbocycles. The molecule has 0 radical (unpaired) electrons. The minimum absolute atomic E-state index is 0.0921. The lowest BCUT2D eigenvalue weighted by atomic mass is 10.2. The largest absolute Gasteiger partial charge is 0.372 e.